The van der Waals surface area contributed by atoms with Crippen LogP contribution >= 0.6 is 0 Å². The summed E-state index contributed by atoms with van der Waals surface area (Å²) in [5.41, 5.74) is 3.97. The molecule has 0 bridgehead atoms. The van der Waals surface area contributed by atoms with Crippen LogP contribution in [0.3, 0.4) is 0 Å². The van der Waals surface area contributed by atoms with E-state index in [-0.39, 0.29) is 17.9 Å². The van der Waals surface area contributed by atoms with Crippen molar-refractivity contribution in [3.05, 3.63) is 34.9 Å². The molecule has 0 saturated carbocycles. The zero-order valence-electron chi connectivity index (χ0n) is 12.7. The Morgan fingerprint density at radius 1 is 1.32 bits per heavy atom. The topological polar surface area (TPSA) is 38.3 Å². The summed E-state index contributed by atoms with van der Waals surface area (Å²) in [5, 5.41) is 3.11. The summed E-state index contributed by atoms with van der Waals surface area (Å²) in [5.74, 6) is -0.202. The largest absolute Gasteiger partial charge is 0.465 e. The Morgan fingerprint density at radius 2 is 2.00 bits per heavy atom. The van der Waals surface area contributed by atoms with Gasteiger partial charge in [-0.1, -0.05) is 39.0 Å². The first-order valence-electron chi connectivity index (χ1n) is 6.81. The van der Waals surface area contributed by atoms with Crippen molar-refractivity contribution in [3.8, 4) is 0 Å². The fraction of sp³-hybridized carbons (Fsp3) is 0.562. The SMILES string of the molecule is CCOC(=O)CNCc1ccc(C(C)(C)C)cc1C. The molecule has 19 heavy (non-hydrogen) atoms. The number of hydrogen-bond acceptors (Lipinski definition) is 3. The van der Waals surface area contributed by atoms with Crippen molar-refractivity contribution < 1.29 is 9.53 Å². The van der Waals surface area contributed by atoms with Gasteiger partial charge in [-0.25, -0.2) is 0 Å². The summed E-state index contributed by atoms with van der Waals surface area (Å²) in [7, 11) is 0. The second-order valence-electron chi connectivity index (χ2n) is 5.80. The number of rotatable bonds is 5. The summed E-state index contributed by atoms with van der Waals surface area (Å²) >= 11 is 0. The quantitative estimate of drug-likeness (QED) is 0.830. The van der Waals surface area contributed by atoms with Crippen molar-refractivity contribution in [3.63, 3.8) is 0 Å². The van der Waals surface area contributed by atoms with Crippen molar-refractivity contribution in [1.29, 1.82) is 0 Å². The molecule has 0 aliphatic rings. The van der Waals surface area contributed by atoms with Crippen LogP contribution in [0.2, 0.25) is 0 Å². The number of aryl methyl sites for hydroxylation is 1. The number of benzene rings is 1. The number of carbonyl (C=O) groups is 1. The van der Waals surface area contributed by atoms with Gasteiger partial charge in [0.05, 0.1) is 13.2 Å². The van der Waals surface area contributed by atoms with E-state index in [2.05, 4.69) is 51.2 Å². The van der Waals surface area contributed by atoms with Gasteiger partial charge in [-0.05, 0) is 36.0 Å². The van der Waals surface area contributed by atoms with E-state index in [9.17, 15) is 4.79 Å². The summed E-state index contributed by atoms with van der Waals surface area (Å²) in [6, 6.07) is 6.52. The zero-order valence-corrected chi connectivity index (χ0v) is 12.7. The van der Waals surface area contributed by atoms with Crippen molar-refractivity contribution in [1.82, 2.24) is 5.32 Å². The fourth-order valence-electron chi connectivity index (χ4n) is 1.87. The lowest BCUT2D eigenvalue weighted by atomic mass is 9.85. The molecule has 0 aliphatic heterocycles. The van der Waals surface area contributed by atoms with Crippen LogP contribution in [0.25, 0.3) is 0 Å². The molecule has 3 heteroatoms. The second-order valence-corrected chi connectivity index (χ2v) is 5.80. The molecule has 3 nitrogen and oxygen atoms in total. The highest BCUT2D eigenvalue weighted by molar-refractivity contribution is 5.71. The van der Waals surface area contributed by atoms with Crippen LogP contribution in [-0.2, 0) is 21.5 Å². The Balaban J connectivity index is 2.58. The van der Waals surface area contributed by atoms with Crippen molar-refractivity contribution >= 4 is 5.97 Å². The molecular formula is C16H25NO2. The number of carbonyl (C=O) groups excluding carboxylic acids is 1. The van der Waals surface area contributed by atoms with Gasteiger partial charge in [0, 0.05) is 6.54 Å². The lowest BCUT2D eigenvalue weighted by Gasteiger charge is -2.20. The third-order valence-electron chi connectivity index (χ3n) is 3.10. The normalized spacial score (nSPS) is 11.4. The minimum Gasteiger partial charge on any atom is -0.465 e. The van der Waals surface area contributed by atoms with Crippen molar-refractivity contribution in [2.75, 3.05) is 13.2 Å². The van der Waals surface area contributed by atoms with E-state index in [4.69, 9.17) is 4.74 Å². The molecule has 1 aromatic rings. The first-order chi connectivity index (χ1) is 8.84. The first-order valence-corrected chi connectivity index (χ1v) is 6.81. The Bertz CT molecular complexity index is 433. The van der Waals surface area contributed by atoms with Crippen LogP contribution in [0.15, 0.2) is 18.2 Å². The van der Waals surface area contributed by atoms with Crippen molar-refractivity contribution in [2.45, 2.75) is 46.6 Å². The molecule has 0 aliphatic carbocycles. The van der Waals surface area contributed by atoms with Crippen LogP contribution in [0.5, 0.6) is 0 Å². The highest BCUT2D eigenvalue weighted by Gasteiger charge is 2.14. The third-order valence-corrected chi connectivity index (χ3v) is 3.10. The van der Waals surface area contributed by atoms with Gasteiger partial charge in [0.2, 0.25) is 0 Å². The van der Waals surface area contributed by atoms with Crippen LogP contribution in [0.4, 0.5) is 0 Å². The van der Waals surface area contributed by atoms with E-state index < -0.39 is 0 Å². The minimum absolute atomic E-state index is 0.168. The summed E-state index contributed by atoms with van der Waals surface area (Å²) in [6.45, 7) is 11.9. The van der Waals surface area contributed by atoms with E-state index >= 15 is 0 Å². The summed E-state index contributed by atoms with van der Waals surface area (Å²) < 4.78 is 4.87. The van der Waals surface area contributed by atoms with Gasteiger partial charge in [-0.15, -0.1) is 0 Å². The predicted octanol–water partition coefficient (Wildman–Crippen LogP) is 2.95. The van der Waals surface area contributed by atoms with E-state index in [0.29, 0.717) is 13.2 Å². The third kappa shape index (κ3) is 5.03. The smallest absolute Gasteiger partial charge is 0.319 e. The van der Waals surface area contributed by atoms with Gasteiger partial charge >= 0.3 is 5.97 Å². The van der Waals surface area contributed by atoms with Crippen LogP contribution in [-0.4, -0.2) is 19.1 Å². The maximum atomic E-state index is 11.2. The molecule has 0 heterocycles. The molecule has 0 radical (unpaired) electrons. The number of hydrogen-bond donors (Lipinski definition) is 1. The number of esters is 1. The van der Waals surface area contributed by atoms with Gasteiger partial charge in [0.25, 0.3) is 0 Å². The highest BCUT2D eigenvalue weighted by atomic mass is 16.5. The van der Waals surface area contributed by atoms with E-state index in [0.717, 1.165) is 0 Å². The molecule has 0 atom stereocenters. The molecule has 0 amide bonds. The Morgan fingerprint density at radius 3 is 2.53 bits per heavy atom. The van der Waals surface area contributed by atoms with Gasteiger partial charge in [-0.3, -0.25) is 4.79 Å². The van der Waals surface area contributed by atoms with Crippen LogP contribution in [0.1, 0.15) is 44.4 Å². The molecule has 1 aromatic carbocycles. The Hall–Kier alpha value is -1.35. The molecule has 0 fully saturated rings. The summed E-state index contributed by atoms with van der Waals surface area (Å²) in [4.78, 5) is 11.2. The van der Waals surface area contributed by atoms with Gasteiger partial charge in [0.1, 0.15) is 0 Å². The second kappa shape index (κ2) is 6.71. The molecular weight excluding hydrogens is 238 g/mol. The minimum atomic E-state index is -0.202. The monoisotopic (exact) mass is 263 g/mol. The van der Waals surface area contributed by atoms with Gasteiger partial charge < -0.3 is 10.1 Å². The molecule has 106 valence electrons. The molecule has 1 rings (SSSR count). The molecule has 0 saturated heterocycles. The van der Waals surface area contributed by atoms with E-state index in [1.54, 1.807) is 0 Å². The van der Waals surface area contributed by atoms with Crippen LogP contribution in [0, 0.1) is 6.92 Å². The lowest BCUT2D eigenvalue weighted by molar-refractivity contribution is -0.142. The Labute approximate surface area is 116 Å². The zero-order chi connectivity index (χ0) is 14.5. The predicted molar refractivity (Wildman–Crippen MR) is 78.2 cm³/mol. The molecule has 0 spiro atoms. The summed E-state index contributed by atoms with van der Waals surface area (Å²) in [6.07, 6.45) is 0. The molecule has 0 aromatic heterocycles. The maximum absolute atomic E-state index is 11.2. The van der Waals surface area contributed by atoms with E-state index in [1.807, 2.05) is 6.92 Å². The highest BCUT2D eigenvalue weighted by Crippen LogP contribution is 2.24. The van der Waals surface area contributed by atoms with Gasteiger partial charge in [-0.2, -0.15) is 0 Å². The Kier molecular flexibility index (Phi) is 5.55. The lowest BCUT2D eigenvalue weighted by Crippen LogP contribution is -2.24. The number of nitrogens with one attached hydrogen (secondary N) is 1. The first kappa shape index (κ1) is 15.7. The number of ether oxygens (including phenoxy) is 1. The molecule has 1 N–H and O–H groups in total. The maximum Gasteiger partial charge on any atom is 0.319 e. The average molecular weight is 263 g/mol. The van der Waals surface area contributed by atoms with Crippen LogP contribution < -0.4 is 5.32 Å². The standard InChI is InChI=1S/C16H25NO2/c1-6-19-15(18)11-17-10-13-7-8-14(9-12(13)2)16(3,4)5/h7-9,17H,6,10-11H2,1-5H3. The average Bonchev–Trinajstić information content (AvgIpc) is 2.30. The van der Waals surface area contributed by atoms with Crippen molar-refractivity contribution in [2.24, 2.45) is 0 Å². The fourth-order valence-corrected chi connectivity index (χ4v) is 1.87. The van der Waals surface area contributed by atoms with Gasteiger partial charge in [0.15, 0.2) is 0 Å². The van der Waals surface area contributed by atoms with E-state index in [1.165, 1.54) is 16.7 Å². The molecule has 0 unspecified atom stereocenters.